The third kappa shape index (κ3) is 1.85. The lowest BCUT2D eigenvalue weighted by molar-refractivity contribution is 0.223. The molecule has 0 radical (unpaired) electrons. The predicted octanol–water partition coefficient (Wildman–Crippen LogP) is 2.27. The van der Waals surface area contributed by atoms with E-state index in [0.29, 0.717) is 12.4 Å². The first-order valence-electron chi connectivity index (χ1n) is 4.72. The SMILES string of the molecule is NC(C1=CCCO1)c1c(F)cccc1F. The zero-order chi connectivity index (χ0) is 10.8. The van der Waals surface area contributed by atoms with Crippen LogP contribution in [0.3, 0.4) is 0 Å². The molecular weight excluding hydrogens is 200 g/mol. The van der Waals surface area contributed by atoms with Gasteiger partial charge in [-0.25, -0.2) is 8.78 Å². The second-order valence-corrected chi connectivity index (χ2v) is 3.36. The summed E-state index contributed by atoms with van der Waals surface area (Å²) in [6.45, 7) is 0.527. The third-order valence-electron chi connectivity index (χ3n) is 2.35. The van der Waals surface area contributed by atoms with Gasteiger partial charge in [-0.15, -0.1) is 0 Å². The van der Waals surface area contributed by atoms with E-state index in [1.807, 2.05) is 0 Å². The molecule has 2 N–H and O–H groups in total. The maximum absolute atomic E-state index is 13.4. The number of hydrogen-bond acceptors (Lipinski definition) is 2. The molecule has 0 saturated heterocycles. The second-order valence-electron chi connectivity index (χ2n) is 3.36. The largest absolute Gasteiger partial charge is 0.496 e. The molecule has 0 amide bonds. The van der Waals surface area contributed by atoms with Gasteiger partial charge in [-0.3, -0.25) is 0 Å². The average Bonchev–Trinajstić information content (AvgIpc) is 2.69. The van der Waals surface area contributed by atoms with Gasteiger partial charge in [0.1, 0.15) is 17.4 Å². The van der Waals surface area contributed by atoms with Crippen LogP contribution in [0.5, 0.6) is 0 Å². The van der Waals surface area contributed by atoms with Crippen LogP contribution in [0.1, 0.15) is 18.0 Å². The van der Waals surface area contributed by atoms with Crippen molar-refractivity contribution in [2.24, 2.45) is 5.73 Å². The number of nitrogens with two attached hydrogens (primary N) is 1. The lowest BCUT2D eigenvalue weighted by atomic mass is 10.0. The van der Waals surface area contributed by atoms with Crippen molar-refractivity contribution in [2.75, 3.05) is 6.61 Å². The fraction of sp³-hybridized carbons (Fsp3) is 0.273. The van der Waals surface area contributed by atoms with Crippen LogP contribution in [0, 0.1) is 11.6 Å². The normalized spacial score (nSPS) is 17.1. The Morgan fingerprint density at radius 1 is 1.27 bits per heavy atom. The molecule has 2 nitrogen and oxygen atoms in total. The zero-order valence-corrected chi connectivity index (χ0v) is 8.04. The Bertz CT molecular complexity index is 383. The summed E-state index contributed by atoms with van der Waals surface area (Å²) >= 11 is 0. The summed E-state index contributed by atoms with van der Waals surface area (Å²) in [6.07, 6.45) is 2.50. The minimum atomic E-state index is -0.853. The number of hydrogen-bond donors (Lipinski definition) is 1. The molecule has 1 heterocycles. The van der Waals surface area contributed by atoms with Gasteiger partial charge in [-0.05, 0) is 18.2 Å². The van der Waals surface area contributed by atoms with Crippen molar-refractivity contribution in [1.82, 2.24) is 0 Å². The molecule has 0 fully saturated rings. The van der Waals surface area contributed by atoms with Crippen LogP contribution >= 0.6 is 0 Å². The number of halogens is 2. The predicted molar refractivity (Wildman–Crippen MR) is 51.9 cm³/mol. The molecule has 1 atom stereocenters. The van der Waals surface area contributed by atoms with Crippen LogP contribution in [0.15, 0.2) is 30.0 Å². The first-order valence-corrected chi connectivity index (χ1v) is 4.72. The molecule has 1 aliphatic heterocycles. The van der Waals surface area contributed by atoms with Crippen LogP contribution in [0.2, 0.25) is 0 Å². The van der Waals surface area contributed by atoms with Crippen molar-refractivity contribution < 1.29 is 13.5 Å². The van der Waals surface area contributed by atoms with Crippen molar-refractivity contribution in [3.63, 3.8) is 0 Å². The van der Waals surface area contributed by atoms with E-state index in [0.717, 1.165) is 6.42 Å². The van der Waals surface area contributed by atoms with Crippen molar-refractivity contribution in [3.8, 4) is 0 Å². The van der Waals surface area contributed by atoms with E-state index in [-0.39, 0.29) is 5.56 Å². The average molecular weight is 211 g/mol. The monoisotopic (exact) mass is 211 g/mol. The van der Waals surface area contributed by atoms with Crippen LogP contribution < -0.4 is 5.73 Å². The lowest BCUT2D eigenvalue weighted by Crippen LogP contribution is -2.17. The molecule has 1 aromatic carbocycles. The molecule has 0 bridgehead atoms. The third-order valence-corrected chi connectivity index (χ3v) is 2.35. The minimum absolute atomic E-state index is 0.134. The van der Waals surface area contributed by atoms with Crippen molar-refractivity contribution in [2.45, 2.75) is 12.5 Å². The summed E-state index contributed by atoms with van der Waals surface area (Å²) in [6, 6.07) is 2.83. The number of rotatable bonds is 2. The molecule has 1 aromatic rings. The molecule has 80 valence electrons. The van der Waals surface area contributed by atoms with E-state index in [4.69, 9.17) is 10.5 Å². The van der Waals surface area contributed by atoms with E-state index in [2.05, 4.69) is 0 Å². The van der Waals surface area contributed by atoms with Gasteiger partial charge >= 0.3 is 0 Å². The van der Waals surface area contributed by atoms with Gasteiger partial charge in [0.15, 0.2) is 0 Å². The summed E-state index contributed by atoms with van der Waals surface area (Å²) in [5.74, 6) is -0.836. The summed E-state index contributed by atoms with van der Waals surface area (Å²) in [5.41, 5.74) is 5.60. The first-order chi connectivity index (χ1) is 7.20. The van der Waals surface area contributed by atoms with Gasteiger partial charge in [0.2, 0.25) is 0 Å². The second kappa shape index (κ2) is 3.98. The van der Waals surface area contributed by atoms with Crippen molar-refractivity contribution >= 4 is 0 Å². The van der Waals surface area contributed by atoms with Crippen molar-refractivity contribution in [1.29, 1.82) is 0 Å². The zero-order valence-electron chi connectivity index (χ0n) is 8.04. The molecular formula is C11H11F2NO. The molecule has 4 heteroatoms. The molecule has 0 saturated carbocycles. The summed E-state index contributed by atoms with van der Waals surface area (Å²) < 4.78 is 31.9. The maximum Gasteiger partial charge on any atom is 0.131 e. The maximum atomic E-state index is 13.4. The molecule has 0 aromatic heterocycles. The Hall–Kier alpha value is -1.42. The smallest absolute Gasteiger partial charge is 0.131 e. The van der Waals surface area contributed by atoms with Gasteiger partial charge in [0.25, 0.3) is 0 Å². The van der Waals surface area contributed by atoms with E-state index in [1.54, 1.807) is 6.08 Å². The van der Waals surface area contributed by atoms with Crippen LogP contribution in [0.4, 0.5) is 8.78 Å². The number of benzene rings is 1. The lowest BCUT2D eigenvalue weighted by Gasteiger charge is -2.14. The highest BCUT2D eigenvalue weighted by molar-refractivity contribution is 5.29. The van der Waals surface area contributed by atoms with E-state index < -0.39 is 17.7 Å². The van der Waals surface area contributed by atoms with Gasteiger partial charge in [0, 0.05) is 12.0 Å². The van der Waals surface area contributed by atoms with E-state index in [9.17, 15) is 8.78 Å². The van der Waals surface area contributed by atoms with E-state index in [1.165, 1.54) is 18.2 Å². The highest BCUT2D eigenvalue weighted by Crippen LogP contribution is 2.27. The van der Waals surface area contributed by atoms with Gasteiger partial charge < -0.3 is 10.5 Å². The quantitative estimate of drug-likeness (QED) is 0.814. The Morgan fingerprint density at radius 3 is 2.47 bits per heavy atom. The summed E-state index contributed by atoms with van der Waals surface area (Å²) in [4.78, 5) is 0. The molecule has 1 unspecified atom stereocenters. The van der Waals surface area contributed by atoms with Gasteiger partial charge in [-0.1, -0.05) is 6.07 Å². The fourth-order valence-corrected chi connectivity index (χ4v) is 1.60. The summed E-state index contributed by atoms with van der Waals surface area (Å²) in [7, 11) is 0. The van der Waals surface area contributed by atoms with Gasteiger partial charge in [0.05, 0.1) is 12.6 Å². The molecule has 1 aliphatic rings. The Morgan fingerprint density at radius 2 is 1.93 bits per heavy atom. The van der Waals surface area contributed by atoms with E-state index >= 15 is 0 Å². The standard InChI is InChI=1S/C11H11F2NO/c12-7-3-1-4-8(13)10(7)11(14)9-5-2-6-15-9/h1,3-5,11H,2,6,14H2. The van der Waals surface area contributed by atoms with Gasteiger partial charge in [-0.2, -0.15) is 0 Å². The molecule has 0 aliphatic carbocycles. The first kappa shape index (κ1) is 10.1. The highest BCUT2D eigenvalue weighted by Gasteiger charge is 2.22. The Balaban J connectivity index is 2.36. The fourth-order valence-electron chi connectivity index (χ4n) is 1.60. The van der Waals surface area contributed by atoms with Crippen LogP contribution in [-0.4, -0.2) is 6.61 Å². The molecule has 15 heavy (non-hydrogen) atoms. The Kier molecular flexibility index (Phi) is 2.68. The molecule has 2 rings (SSSR count). The Labute approximate surface area is 86.3 Å². The van der Waals surface area contributed by atoms with Crippen LogP contribution in [-0.2, 0) is 4.74 Å². The van der Waals surface area contributed by atoms with Crippen LogP contribution in [0.25, 0.3) is 0 Å². The highest BCUT2D eigenvalue weighted by atomic mass is 19.1. The molecule has 0 spiro atoms. The topological polar surface area (TPSA) is 35.2 Å². The number of ether oxygens (including phenoxy) is 1. The van der Waals surface area contributed by atoms with Crippen molar-refractivity contribution in [3.05, 3.63) is 47.2 Å². The minimum Gasteiger partial charge on any atom is -0.496 e. The summed E-state index contributed by atoms with van der Waals surface area (Å²) in [5, 5.41) is 0.